The third-order valence-corrected chi connectivity index (χ3v) is 3.21. The number of pyridine rings is 1. The predicted molar refractivity (Wildman–Crippen MR) is 66.9 cm³/mol. The molecule has 0 aliphatic carbocycles. The first-order valence-electron chi connectivity index (χ1n) is 5.00. The molecule has 2 aromatic rings. The minimum atomic E-state index is 0.782. The van der Waals surface area contributed by atoms with Crippen LogP contribution >= 0.6 is 15.9 Å². The van der Waals surface area contributed by atoms with Gasteiger partial charge in [-0.15, -0.1) is 0 Å². The summed E-state index contributed by atoms with van der Waals surface area (Å²) in [6.07, 6.45) is 3.57. The van der Waals surface area contributed by atoms with Crippen molar-refractivity contribution < 1.29 is 0 Å². The lowest BCUT2D eigenvalue weighted by Gasteiger charge is -2.00. The number of nitrogens with one attached hydrogen (secondary N) is 1. The van der Waals surface area contributed by atoms with E-state index in [1.807, 2.05) is 37.1 Å². The van der Waals surface area contributed by atoms with Crippen molar-refractivity contribution in [3.8, 4) is 11.3 Å². The number of nitrogens with zero attached hydrogens (tertiary/aromatic N) is 3. The molecule has 5 heteroatoms. The van der Waals surface area contributed by atoms with E-state index in [-0.39, 0.29) is 0 Å². The lowest BCUT2D eigenvalue weighted by molar-refractivity contribution is 0.671. The Labute approximate surface area is 103 Å². The summed E-state index contributed by atoms with van der Waals surface area (Å²) < 4.78 is 2.90. The summed E-state index contributed by atoms with van der Waals surface area (Å²) in [5.41, 5.74) is 3.08. The van der Waals surface area contributed by atoms with E-state index in [0.717, 1.165) is 28.0 Å². The molecular weight excluding hydrogens is 268 g/mol. The van der Waals surface area contributed by atoms with Gasteiger partial charge in [0.15, 0.2) is 0 Å². The van der Waals surface area contributed by atoms with Crippen molar-refractivity contribution in [2.45, 2.75) is 6.54 Å². The maximum Gasteiger partial charge on any atom is 0.108 e. The maximum absolute atomic E-state index is 4.49. The fourth-order valence-corrected chi connectivity index (χ4v) is 2.28. The van der Waals surface area contributed by atoms with Crippen LogP contribution in [0.2, 0.25) is 0 Å². The number of hydrogen-bond acceptors (Lipinski definition) is 3. The number of aryl methyl sites for hydroxylation is 1. The topological polar surface area (TPSA) is 42.7 Å². The maximum atomic E-state index is 4.49. The van der Waals surface area contributed by atoms with E-state index in [0.29, 0.717) is 0 Å². The molecule has 0 saturated carbocycles. The Balaban J connectivity index is 2.47. The largest absolute Gasteiger partial charge is 0.314 e. The van der Waals surface area contributed by atoms with Crippen LogP contribution in [0.4, 0.5) is 0 Å². The zero-order valence-corrected chi connectivity index (χ0v) is 10.8. The minimum Gasteiger partial charge on any atom is -0.314 e. The van der Waals surface area contributed by atoms with Crippen LogP contribution in [-0.4, -0.2) is 21.8 Å². The van der Waals surface area contributed by atoms with Gasteiger partial charge < -0.3 is 5.32 Å². The molecule has 0 bridgehead atoms. The summed E-state index contributed by atoms with van der Waals surface area (Å²) in [7, 11) is 3.86. The molecule has 2 heterocycles. The second-order valence-corrected chi connectivity index (χ2v) is 4.30. The van der Waals surface area contributed by atoms with Gasteiger partial charge in [-0.2, -0.15) is 5.10 Å². The Bertz CT molecular complexity index is 478. The summed E-state index contributed by atoms with van der Waals surface area (Å²) in [6, 6.07) is 3.91. The van der Waals surface area contributed by atoms with Gasteiger partial charge in [-0.25, -0.2) is 0 Å². The van der Waals surface area contributed by atoms with Crippen molar-refractivity contribution in [2.24, 2.45) is 7.05 Å². The van der Waals surface area contributed by atoms with Gasteiger partial charge in [-0.05, 0) is 35.1 Å². The van der Waals surface area contributed by atoms with Crippen molar-refractivity contribution in [2.75, 3.05) is 7.05 Å². The highest BCUT2D eigenvalue weighted by atomic mass is 79.9. The van der Waals surface area contributed by atoms with Crippen molar-refractivity contribution in [1.29, 1.82) is 0 Å². The van der Waals surface area contributed by atoms with E-state index in [1.165, 1.54) is 0 Å². The van der Waals surface area contributed by atoms with Crippen LogP contribution in [-0.2, 0) is 13.6 Å². The highest BCUT2D eigenvalue weighted by molar-refractivity contribution is 9.10. The van der Waals surface area contributed by atoms with Crippen LogP contribution in [0.25, 0.3) is 11.3 Å². The SMILES string of the molecule is CNCc1c(Br)c(-c2cccnc2)nn1C. The highest BCUT2D eigenvalue weighted by Gasteiger charge is 2.14. The Morgan fingerprint density at radius 1 is 1.50 bits per heavy atom. The zero-order valence-electron chi connectivity index (χ0n) is 9.24. The van der Waals surface area contributed by atoms with Crippen molar-refractivity contribution >= 4 is 15.9 Å². The monoisotopic (exact) mass is 280 g/mol. The lowest BCUT2D eigenvalue weighted by atomic mass is 10.2. The molecule has 0 fully saturated rings. The minimum absolute atomic E-state index is 0.782. The summed E-state index contributed by atoms with van der Waals surface area (Å²) in [5, 5.41) is 7.61. The summed E-state index contributed by atoms with van der Waals surface area (Å²) in [4.78, 5) is 4.10. The lowest BCUT2D eigenvalue weighted by Crippen LogP contribution is -2.10. The van der Waals surface area contributed by atoms with Crippen LogP contribution in [0, 0.1) is 0 Å². The predicted octanol–water partition coefficient (Wildman–Crippen LogP) is 1.96. The van der Waals surface area contributed by atoms with E-state index in [1.54, 1.807) is 6.20 Å². The molecular formula is C11H13BrN4. The molecule has 2 aromatic heterocycles. The first kappa shape index (κ1) is 11.3. The van der Waals surface area contributed by atoms with Gasteiger partial charge in [0, 0.05) is 31.5 Å². The number of rotatable bonds is 3. The Hall–Kier alpha value is -1.20. The molecule has 84 valence electrons. The number of aromatic nitrogens is 3. The Kier molecular flexibility index (Phi) is 3.36. The summed E-state index contributed by atoms with van der Waals surface area (Å²) >= 11 is 3.59. The van der Waals surface area contributed by atoms with Gasteiger partial charge in [0.2, 0.25) is 0 Å². The van der Waals surface area contributed by atoms with Crippen LogP contribution in [0.1, 0.15) is 5.69 Å². The molecule has 0 atom stereocenters. The van der Waals surface area contributed by atoms with E-state index in [2.05, 4.69) is 31.3 Å². The van der Waals surface area contributed by atoms with Crippen LogP contribution in [0.15, 0.2) is 29.0 Å². The van der Waals surface area contributed by atoms with E-state index in [4.69, 9.17) is 0 Å². The van der Waals surface area contributed by atoms with Crippen molar-refractivity contribution in [3.63, 3.8) is 0 Å². The molecule has 0 spiro atoms. The van der Waals surface area contributed by atoms with Gasteiger partial charge in [0.1, 0.15) is 5.69 Å². The second-order valence-electron chi connectivity index (χ2n) is 3.50. The first-order chi connectivity index (χ1) is 7.74. The average molecular weight is 281 g/mol. The number of halogens is 1. The molecule has 16 heavy (non-hydrogen) atoms. The quantitative estimate of drug-likeness (QED) is 0.935. The molecule has 4 nitrogen and oxygen atoms in total. The van der Waals surface area contributed by atoms with Crippen LogP contribution in [0.5, 0.6) is 0 Å². The average Bonchev–Trinajstić information content (AvgIpc) is 2.59. The smallest absolute Gasteiger partial charge is 0.108 e. The van der Waals surface area contributed by atoms with Crippen molar-refractivity contribution in [3.05, 3.63) is 34.7 Å². The molecule has 0 amide bonds. The van der Waals surface area contributed by atoms with Gasteiger partial charge in [0.25, 0.3) is 0 Å². The molecule has 0 aliphatic rings. The Morgan fingerprint density at radius 2 is 2.31 bits per heavy atom. The van der Waals surface area contributed by atoms with Crippen LogP contribution in [0.3, 0.4) is 0 Å². The van der Waals surface area contributed by atoms with E-state index >= 15 is 0 Å². The summed E-state index contributed by atoms with van der Waals surface area (Å²) in [5.74, 6) is 0. The van der Waals surface area contributed by atoms with Gasteiger partial charge in [-0.1, -0.05) is 0 Å². The standard InChI is InChI=1S/C11H13BrN4/c1-13-7-9-10(12)11(15-16(9)2)8-4-3-5-14-6-8/h3-6,13H,7H2,1-2H3. The van der Waals surface area contributed by atoms with E-state index in [9.17, 15) is 0 Å². The molecule has 2 rings (SSSR count). The molecule has 0 aromatic carbocycles. The van der Waals surface area contributed by atoms with Gasteiger partial charge in [0.05, 0.1) is 10.2 Å². The normalized spacial score (nSPS) is 10.7. The van der Waals surface area contributed by atoms with Gasteiger partial charge >= 0.3 is 0 Å². The van der Waals surface area contributed by atoms with Crippen molar-refractivity contribution in [1.82, 2.24) is 20.1 Å². The van der Waals surface area contributed by atoms with Gasteiger partial charge in [-0.3, -0.25) is 9.67 Å². The first-order valence-corrected chi connectivity index (χ1v) is 5.79. The van der Waals surface area contributed by atoms with E-state index < -0.39 is 0 Å². The molecule has 0 unspecified atom stereocenters. The fourth-order valence-electron chi connectivity index (χ4n) is 1.58. The Morgan fingerprint density at radius 3 is 2.94 bits per heavy atom. The molecule has 0 aliphatic heterocycles. The molecule has 0 radical (unpaired) electrons. The fraction of sp³-hybridized carbons (Fsp3) is 0.273. The van der Waals surface area contributed by atoms with Crippen LogP contribution < -0.4 is 5.32 Å². The second kappa shape index (κ2) is 4.76. The summed E-state index contributed by atoms with van der Waals surface area (Å²) in [6.45, 7) is 0.782. The third-order valence-electron chi connectivity index (χ3n) is 2.38. The molecule has 0 saturated heterocycles. The molecule has 1 N–H and O–H groups in total. The highest BCUT2D eigenvalue weighted by Crippen LogP contribution is 2.29. The third kappa shape index (κ3) is 2.01. The zero-order chi connectivity index (χ0) is 11.5. The number of hydrogen-bond donors (Lipinski definition) is 1.